The number of hydrogen-bond donors (Lipinski definition) is 0. The van der Waals surface area contributed by atoms with E-state index in [9.17, 15) is 0 Å². The Morgan fingerprint density at radius 3 is 2.23 bits per heavy atom. The van der Waals surface area contributed by atoms with Gasteiger partial charge in [-0.1, -0.05) is 40.2 Å². The van der Waals surface area contributed by atoms with E-state index in [0.717, 1.165) is 11.8 Å². The molecule has 0 aromatic heterocycles. The zero-order chi connectivity index (χ0) is 9.47. The van der Waals surface area contributed by atoms with Crippen LogP contribution in [0.3, 0.4) is 0 Å². The van der Waals surface area contributed by atoms with Crippen LogP contribution in [0.4, 0.5) is 0 Å². The van der Waals surface area contributed by atoms with Gasteiger partial charge in [-0.25, -0.2) is 0 Å². The molecule has 0 heterocycles. The third-order valence-electron chi connectivity index (χ3n) is 2.36. The van der Waals surface area contributed by atoms with E-state index in [1.807, 2.05) is 0 Å². The summed E-state index contributed by atoms with van der Waals surface area (Å²) in [6.07, 6.45) is 0.879. The summed E-state index contributed by atoms with van der Waals surface area (Å²) < 4.78 is -0.504. The van der Waals surface area contributed by atoms with Crippen LogP contribution in [0.1, 0.15) is 23.5 Å². The molecule has 0 nitrogen and oxygen atoms in total. The molecule has 0 saturated heterocycles. The minimum absolute atomic E-state index is 0.334. The molecule has 0 bridgehead atoms. The largest absolute Gasteiger partial charge is 0.125 e. The van der Waals surface area contributed by atoms with E-state index in [1.54, 1.807) is 0 Å². The normalized spacial score (nSPS) is 24.4. The SMILES string of the molecule is ClC1(Cl)CC1c1ccc(CBr)cc1. The molecule has 1 unspecified atom stereocenters. The molecule has 1 aromatic carbocycles. The van der Waals surface area contributed by atoms with Crippen molar-refractivity contribution in [2.24, 2.45) is 0 Å². The summed E-state index contributed by atoms with van der Waals surface area (Å²) in [5, 5.41) is 0.894. The van der Waals surface area contributed by atoms with Crippen molar-refractivity contribution in [3.05, 3.63) is 35.4 Å². The van der Waals surface area contributed by atoms with Gasteiger partial charge in [-0.15, -0.1) is 23.2 Å². The Morgan fingerprint density at radius 2 is 1.85 bits per heavy atom. The van der Waals surface area contributed by atoms with Crippen molar-refractivity contribution in [2.75, 3.05) is 0 Å². The molecule has 1 aromatic rings. The summed E-state index contributed by atoms with van der Waals surface area (Å²) in [6.45, 7) is 0. The Labute approximate surface area is 96.4 Å². The average Bonchev–Trinajstić information content (AvgIpc) is 2.76. The van der Waals surface area contributed by atoms with E-state index in [1.165, 1.54) is 11.1 Å². The van der Waals surface area contributed by atoms with Gasteiger partial charge in [-0.2, -0.15) is 0 Å². The van der Waals surface area contributed by atoms with Crippen LogP contribution < -0.4 is 0 Å². The van der Waals surface area contributed by atoms with Crippen LogP contribution >= 0.6 is 39.1 Å². The number of benzene rings is 1. The van der Waals surface area contributed by atoms with Crippen LogP contribution in [-0.2, 0) is 5.33 Å². The predicted molar refractivity (Wildman–Crippen MR) is 60.9 cm³/mol. The molecular weight excluding hydrogens is 271 g/mol. The molecule has 1 saturated carbocycles. The summed E-state index contributed by atoms with van der Waals surface area (Å²) in [5.74, 6) is 0.334. The summed E-state index contributed by atoms with van der Waals surface area (Å²) in [4.78, 5) is 0. The molecule has 1 aliphatic rings. The highest BCUT2D eigenvalue weighted by Crippen LogP contribution is 2.59. The third kappa shape index (κ3) is 2.03. The Kier molecular flexibility index (Phi) is 2.61. The fourth-order valence-corrected chi connectivity index (χ4v) is 2.35. The van der Waals surface area contributed by atoms with Crippen molar-refractivity contribution in [2.45, 2.75) is 22.0 Å². The van der Waals surface area contributed by atoms with Crippen LogP contribution in [0.5, 0.6) is 0 Å². The molecule has 1 atom stereocenters. The maximum Gasteiger partial charge on any atom is 0.125 e. The third-order valence-corrected chi connectivity index (χ3v) is 3.85. The Hall–Kier alpha value is 0.280. The van der Waals surface area contributed by atoms with Gasteiger partial charge in [-0.3, -0.25) is 0 Å². The lowest BCUT2D eigenvalue weighted by Crippen LogP contribution is -1.89. The van der Waals surface area contributed by atoms with Crippen molar-refractivity contribution < 1.29 is 0 Å². The lowest BCUT2D eigenvalue weighted by molar-refractivity contribution is 1.10. The molecule has 0 amide bonds. The van der Waals surface area contributed by atoms with E-state index >= 15 is 0 Å². The molecule has 0 spiro atoms. The highest BCUT2D eigenvalue weighted by Gasteiger charge is 2.52. The van der Waals surface area contributed by atoms with Crippen LogP contribution in [0.25, 0.3) is 0 Å². The van der Waals surface area contributed by atoms with Crippen LogP contribution in [0, 0.1) is 0 Å². The Morgan fingerprint density at radius 1 is 1.31 bits per heavy atom. The first kappa shape index (κ1) is 9.82. The number of alkyl halides is 3. The van der Waals surface area contributed by atoms with E-state index in [2.05, 4.69) is 40.2 Å². The fourth-order valence-electron chi connectivity index (χ4n) is 1.41. The van der Waals surface area contributed by atoms with Gasteiger partial charge in [0.2, 0.25) is 0 Å². The molecule has 0 aliphatic heterocycles. The van der Waals surface area contributed by atoms with Crippen molar-refractivity contribution >= 4 is 39.1 Å². The quantitative estimate of drug-likeness (QED) is 0.711. The zero-order valence-electron chi connectivity index (χ0n) is 6.93. The second kappa shape index (κ2) is 3.45. The highest BCUT2D eigenvalue weighted by atomic mass is 79.9. The summed E-state index contributed by atoms with van der Waals surface area (Å²) in [7, 11) is 0. The Balaban J connectivity index is 2.16. The van der Waals surface area contributed by atoms with Gasteiger partial charge in [-0.05, 0) is 17.5 Å². The first-order valence-electron chi connectivity index (χ1n) is 4.16. The van der Waals surface area contributed by atoms with E-state index in [0.29, 0.717) is 5.92 Å². The van der Waals surface area contributed by atoms with Crippen molar-refractivity contribution in [3.63, 3.8) is 0 Å². The number of halogens is 3. The fraction of sp³-hybridized carbons (Fsp3) is 0.400. The molecule has 0 N–H and O–H groups in total. The summed E-state index contributed by atoms with van der Waals surface area (Å²) in [6, 6.07) is 8.42. The van der Waals surface area contributed by atoms with Gasteiger partial charge in [0, 0.05) is 11.2 Å². The van der Waals surface area contributed by atoms with Crippen molar-refractivity contribution in [1.82, 2.24) is 0 Å². The van der Waals surface area contributed by atoms with Crippen molar-refractivity contribution in [3.8, 4) is 0 Å². The van der Waals surface area contributed by atoms with Gasteiger partial charge < -0.3 is 0 Å². The first-order valence-corrected chi connectivity index (χ1v) is 6.04. The van der Waals surface area contributed by atoms with Crippen LogP contribution in [0.2, 0.25) is 0 Å². The second-order valence-electron chi connectivity index (χ2n) is 3.39. The zero-order valence-corrected chi connectivity index (χ0v) is 10.0. The molecule has 3 heteroatoms. The van der Waals surface area contributed by atoms with Gasteiger partial charge >= 0.3 is 0 Å². The van der Waals surface area contributed by atoms with Gasteiger partial charge in [0.15, 0.2) is 0 Å². The molecule has 0 radical (unpaired) electrons. The van der Waals surface area contributed by atoms with E-state index in [4.69, 9.17) is 23.2 Å². The molecule has 2 rings (SSSR count). The number of hydrogen-bond acceptors (Lipinski definition) is 0. The second-order valence-corrected chi connectivity index (χ2v) is 5.50. The maximum absolute atomic E-state index is 5.97. The minimum Gasteiger partial charge on any atom is -0.101 e. The van der Waals surface area contributed by atoms with Gasteiger partial charge in [0.25, 0.3) is 0 Å². The van der Waals surface area contributed by atoms with Crippen LogP contribution in [-0.4, -0.2) is 4.33 Å². The lowest BCUT2D eigenvalue weighted by atomic mass is 10.1. The molecule has 1 fully saturated rings. The highest BCUT2D eigenvalue weighted by molar-refractivity contribution is 9.08. The van der Waals surface area contributed by atoms with E-state index < -0.39 is 4.33 Å². The predicted octanol–water partition coefficient (Wildman–Crippen LogP) is 4.24. The monoisotopic (exact) mass is 278 g/mol. The molecule has 70 valence electrons. The summed E-state index contributed by atoms with van der Waals surface area (Å²) in [5.41, 5.74) is 2.52. The Bertz CT molecular complexity index is 305. The smallest absolute Gasteiger partial charge is 0.101 e. The number of rotatable bonds is 2. The standard InChI is InChI=1S/C10H9BrCl2/c11-6-7-1-3-8(4-2-7)9-5-10(9,12)13/h1-4,9H,5-6H2. The average molecular weight is 280 g/mol. The minimum atomic E-state index is -0.504. The maximum atomic E-state index is 5.97. The topological polar surface area (TPSA) is 0 Å². The van der Waals surface area contributed by atoms with Gasteiger partial charge in [0.1, 0.15) is 4.33 Å². The molecular formula is C10H9BrCl2. The van der Waals surface area contributed by atoms with Gasteiger partial charge in [0.05, 0.1) is 0 Å². The molecule has 1 aliphatic carbocycles. The lowest BCUT2D eigenvalue weighted by Gasteiger charge is -2.01. The van der Waals surface area contributed by atoms with E-state index in [-0.39, 0.29) is 0 Å². The molecule has 13 heavy (non-hydrogen) atoms. The summed E-state index contributed by atoms with van der Waals surface area (Å²) >= 11 is 15.3. The van der Waals surface area contributed by atoms with Crippen LogP contribution in [0.15, 0.2) is 24.3 Å². The first-order chi connectivity index (χ1) is 6.13. The van der Waals surface area contributed by atoms with Crippen molar-refractivity contribution in [1.29, 1.82) is 0 Å².